The maximum absolute atomic E-state index is 13.8. The summed E-state index contributed by atoms with van der Waals surface area (Å²) in [5.41, 5.74) is 1.70. The van der Waals surface area contributed by atoms with Crippen LogP contribution in [0.4, 0.5) is 11.4 Å². The van der Waals surface area contributed by atoms with E-state index < -0.39 is 22.5 Å². The van der Waals surface area contributed by atoms with Crippen LogP contribution in [0.2, 0.25) is 0 Å². The Labute approximate surface area is 209 Å². The number of hydrogen-bond acceptors (Lipinski definition) is 4. The maximum atomic E-state index is 13.8. The van der Waals surface area contributed by atoms with Gasteiger partial charge in [0.05, 0.1) is 16.3 Å². The number of amides is 1. The fourth-order valence-corrected chi connectivity index (χ4v) is 5.35. The summed E-state index contributed by atoms with van der Waals surface area (Å²) in [6, 6.07) is 31.2. The quantitative estimate of drug-likeness (QED) is 0.284. The molecule has 1 amide bonds. The summed E-state index contributed by atoms with van der Waals surface area (Å²) in [7, 11) is -4.10. The highest BCUT2D eigenvalue weighted by Gasteiger charge is 2.29. The van der Waals surface area contributed by atoms with Gasteiger partial charge in [0.1, 0.15) is 12.3 Å². The van der Waals surface area contributed by atoms with Crippen molar-refractivity contribution in [2.45, 2.75) is 4.90 Å². The number of rotatable bonds is 8. The van der Waals surface area contributed by atoms with Crippen LogP contribution < -0.4 is 14.4 Å². The van der Waals surface area contributed by atoms with Crippen molar-refractivity contribution >= 4 is 38.2 Å². The third-order valence-electron chi connectivity index (χ3n) is 5.59. The van der Waals surface area contributed by atoms with E-state index in [-0.39, 0.29) is 10.6 Å². The van der Waals surface area contributed by atoms with Crippen molar-refractivity contribution in [2.24, 2.45) is 0 Å². The zero-order chi connectivity index (χ0) is 25.0. The molecule has 0 aliphatic rings. The van der Waals surface area contributed by atoms with E-state index in [1.165, 1.54) is 12.1 Å². The molecule has 4 aromatic carbocycles. The van der Waals surface area contributed by atoms with Crippen molar-refractivity contribution in [3.8, 4) is 11.5 Å². The van der Waals surface area contributed by atoms with Crippen molar-refractivity contribution < 1.29 is 17.9 Å². The molecular weight excluding hydrogens is 474 g/mol. The van der Waals surface area contributed by atoms with Gasteiger partial charge in [-0.15, -0.1) is 0 Å². The van der Waals surface area contributed by atoms with Crippen LogP contribution in [-0.4, -0.2) is 25.9 Å². The average molecular weight is 498 g/mol. The van der Waals surface area contributed by atoms with Gasteiger partial charge in [0.15, 0.2) is 5.75 Å². The topological polar surface area (TPSA) is 91.5 Å². The molecule has 0 radical (unpaired) electrons. The Hall–Kier alpha value is -4.56. The zero-order valence-electron chi connectivity index (χ0n) is 19.2. The molecule has 0 aliphatic heterocycles. The number of anilines is 2. The molecule has 1 heterocycles. The second-order valence-electron chi connectivity index (χ2n) is 8.00. The highest BCUT2D eigenvalue weighted by molar-refractivity contribution is 7.92. The SMILES string of the molecule is O=C(CN(c1ccccc1Oc1ccccc1)S(=O)(=O)c1ccccc1)Nc1cccc2[nH]ccc12. The third kappa shape index (κ3) is 4.80. The Kier molecular flexibility index (Phi) is 6.42. The zero-order valence-corrected chi connectivity index (χ0v) is 20.0. The number of aromatic nitrogens is 1. The van der Waals surface area contributed by atoms with E-state index in [1.807, 2.05) is 36.4 Å². The second kappa shape index (κ2) is 9.97. The van der Waals surface area contributed by atoms with Crippen LogP contribution in [-0.2, 0) is 14.8 Å². The van der Waals surface area contributed by atoms with Crippen LogP contribution in [0.3, 0.4) is 0 Å². The van der Waals surface area contributed by atoms with Crippen LogP contribution in [0.15, 0.2) is 120 Å². The van der Waals surface area contributed by atoms with Gasteiger partial charge in [0, 0.05) is 17.1 Å². The minimum absolute atomic E-state index is 0.0695. The van der Waals surface area contributed by atoms with Gasteiger partial charge in [0.2, 0.25) is 5.91 Å². The predicted octanol–water partition coefficient (Wildman–Crippen LogP) is 5.79. The molecule has 0 fully saturated rings. The van der Waals surface area contributed by atoms with E-state index in [1.54, 1.807) is 66.9 Å². The van der Waals surface area contributed by atoms with Crippen molar-refractivity contribution in [3.05, 3.63) is 115 Å². The fraction of sp³-hybridized carbons (Fsp3) is 0.0357. The van der Waals surface area contributed by atoms with E-state index in [4.69, 9.17) is 4.74 Å². The van der Waals surface area contributed by atoms with E-state index in [9.17, 15) is 13.2 Å². The number of carbonyl (C=O) groups is 1. The molecule has 8 heteroatoms. The van der Waals surface area contributed by atoms with Gasteiger partial charge in [-0.05, 0) is 54.6 Å². The molecule has 0 aliphatic carbocycles. The Balaban J connectivity index is 1.53. The van der Waals surface area contributed by atoms with E-state index in [0.29, 0.717) is 17.2 Å². The Morgan fingerprint density at radius 2 is 1.50 bits per heavy atom. The molecule has 0 saturated heterocycles. The molecule has 2 N–H and O–H groups in total. The minimum Gasteiger partial charge on any atom is -0.455 e. The van der Waals surface area contributed by atoms with Gasteiger partial charge < -0.3 is 15.0 Å². The number of nitrogens with one attached hydrogen (secondary N) is 2. The molecule has 0 unspecified atom stereocenters. The molecule has 1 aromatic heterocycles. The Morgan fingerprint density at radius 3 is 2.28 bits per heavy atom. The summed E-state index contributed by atoms with van der Waals surface area (Å²) in [6.07, 6.45) is 1.78. The number of H-pyrrole nitrogens is 1. The summed E-state index contributed by atoms with van der Waals surface area (Å²) in [4.78, 5) is 16.4. The number of nitrogens with zero attached hydrogens (tertiary/aromatic N) is 1. The molecule has 0 saturated carbocycles. The van der Waals surface area contributed by atoms with Crippen LogP contribution in [0, 0.1) is 0 Å². The monoisotopic (exact) mass is 497 g/mol. The smallest absolute Gasteiger partial charge is 0.264 e. The molecule has 0 spiro atoms. The first kappa shape index (κ1) is 23.2. The fourth-order valence-electron chi connectivity index (χ4n) is 3.90. The van der Waals surface area contributed by atoms with Gasteiger partial charge in [-0.3, -0.25) is 9.10 Å². The largest absolute Gasteiger partial charge is 0.455 e. The number of fused-ring (bicyclic) bond motifs is 1. The lowest BCUT2D eigenvalue weighted by Crippen LogP contribution is -2.38. The molecule has 36 heavy (non-hydrogen) atoms. The summed E-state index contributed by atoms with van der Waals surface area (Å²) < 4.78 is 34.7. The van der Waals surface area contributed by atoms with Gasteiger partial charge in [-0.25, -0.2) is 8.42 Å². The summed E-state index contributed by atoms with van der Waals surface area (Å²) in [5.74, 6) is 0.368. The number of benzene rings is 4. The lowest BCUT2D eigenvalue weighted by molar-refractivity contribution is -0.114. The van der Waals surface area contributed by atoms with Crippen molar-refractivity contribution in [3.63, 3.8) is 0 Å². The van der Waals surface area contributed by atoms with Crippen LogP contribution in [0.1, 0.15) is 0 Å². The van der Waals surface area contributed by atoms with E-state index >= 15 is 0 Å². The van der Waals surface area contributed by atoms with Crippen molar-refractivity contribution in [1.29, 1.82) is 0 Å². The number of hydrogen-bond donors (Lipinski definition) is 2. The van der Waals surface area contributed by atoms with E-state index in [0.717, 1.165) is 15.2 Å². The molecular formula is C28H23N3O4S. The predicted molar refractivity (Wildman–Crippen MR) is 141 cm³/mol. The minimum atomic E-state index is -4.10. The molecule has 180 valence electrons. The van der Waals surface area contributed by atoms with E-state index in [2.05, 4.69) is 10.3 Å². The normalized spacial score (nSPS) is 11.2. The Morgan fingerprint density at radius 1 is 0.806 bits per heavy atom. The number of carbonyl (C=O) groups excluding carboxylic acids is 1. The van der Waals surface area contributed by atoms with Crippen molar-refractivity contribution in [1.82, 2.24) is 4.98 Å². The molecule has 7 nitrogen and oxygen atoms in total. The number of sulfonamides is 1. The lowest BCUT2D eigenvalue weighted by atomic mass is 10.2. The highest BCUT2D eigenvalue weighted by atomic mass is 32.2. The van der Waals surface area contributed by atoms with Gasteiger partial charge >= 0.3 is 0 Å². The lowest BCUT2D eigenvalue weighted by Gasteiger charge is -2.26. The standard InChI is InChI=1S/C28H23N3O4S/c32-28(30-25-15-9-14-24-23(25)18-19-29-24)20-31(36(33,34)22-12-5-2-6-13-22)26-16-7-8-17-27(26)35-21-10-3-1-4-11-21/h1-19,29H,20H2,(H,30,32). The van der Waals surface area contributed by atoms with Crippen LogP contribution in [0.25, 0.3) is 10.9 Å². The summed E-state index contributed by atoms with van der Waals surface area (Å²) >= 11 is 0. The average Bonchev–Trinajstić information content (AvgIpc) is 3.39. The van der Waals surface area contributed by atoms with Crippen LogP contribution in [0.5, 0.6) is 11.5 Å². The molecule has 5 rings (SSSR count). The summed E-state index contributed by atoms with van der Waals surface area (Å²) in [5, 5.41) is 3.69. The highest BCUT2D eigenvalue weighted by Crippen LogP contribution is 2.35. The first-order valence-electron chi connectivity index (χ1n) is 11.3. The van der Waals surface area contributed by atoms with Gasteiger partial charge in [-0.2, -0.15) is 0 Å². The first-order chi connectivity index (χ1) is 17.5. The summed E-state index contributed by atoms with van der Waals surface area (Å²) in [6.45, 7) is -0.451. The van der Waals surface area contributed by atoms with Crippen LogP contribution >= 0.6 is 0 Å². The molecule has 0 bridgehead atoms. The maximum Gasteiger partial charge on any atom is 0.264 e. The van der Waals surface area contributed by atoms with Gasteiger partial charge in [0.25, 0.3) is 10.0 Å². The van der Waals surface area contributed by atoms with Crippen molar-refractivity contribution in [2.75, 3.05) is 16.2 Å². The molecule has 5 aromatic rings. The number of para-hydroxylation sites is 3. The Bertz CT molecular complexity index is 1600. The number of aromatic amines is 1. The second-order valence-corrected chi connectivity index (χ2v) is 9.86. The number of ether oxygens (including phenoxy) is 1. The first-order valence-corrected chi connectivity index (χ1v) is 12.7. The third-order valence-corrected chi connectivity index (χ3v) is 7.37. The molecule has 0 atom stereocenters. The van der Waals surface area contributed by atoms with Gasteiger partial charge in [-0.1, -0.05) is 54.6 Å².